The highest BCUT2D eigenvalue weighted by atomic mass is 16.6. The van der Waals surface area contributed by atoms with E-state index >= 15 is 0 Å². The average Bonchev–Trinajstić information content (AvgIpc) is 2.92. The molecule has 1 heterocycles. The average molecular weight is 404 g/mol. The summed E-state index contributed by atoms with van der Waals surface area (Å²) in [5.74, 6) is -2.25. The Hall–Kier alpha value is -2.67. The molecule has 29 heavy (non-hydrogen) atoms. The number of hydrogen-bond acceptors (Lipinski definition) is 7. The Morgan fingerprint density at radius 1 is 1.21 bits per heavy atom. The Balaban J connectivity index is 2.52. The van der Waals surface area contributed by atoms with E-state index in [1.807, 2.05) is 0 Å². The van der Waals surface area contributed by atoms with Crippen molar-refractivity contribution in [3.63, 3.8) is 0 Å². The van der Waals surface area contributed by atoms with Crippen molar-refractivity contribution in [2.75, 3.05) is 0 Å². The molecule has 2 aliphatic rings. The molecule has 0 amide bonds. The summed E-state index contributed by atoms with van der Waals surface area (Å²) in [7, 11) is 0. The maximum Gasteiger partial charge on any atom is 0.334 e. The normalized spacial score (nSPS) is 34.1. The first kappa shape index (κ1) is 22.6. The standard InChI is InChI=1S/C22H28O7/c1-7-11(2)21(25)28-18-8-12(3)16(24)10-17(27-15(6)23)13(4)9-19-20(18)14(5)22(26)29-19/h7-9,16-20,24H,5,10H2,1-4,6H3/b11-7+,12-8-,13-9-/t16-,17+,18-,19-,20-/m1/s1. The molecule has 0 radical (unpaired) electrons. The van der Waals surface area contributed by atoms with E-state index in [0.29, 0.717) is 16.7 Å². The first-order valence-electron chi connectivity index (χ1n) is 9.50. The molecule has 1 saturated heterocycles. The Labute approximate surface area is 170 Å². The van der Waals surface area contributed by atoms with Crippen LogP contribution in [0.15, 0.2) is 47.1 Å². The minimum Gasteiger partial charge on any atom is -0.458 e. The lowest BCUT2D eigenvalue weighted by Crippen LogP contribution is -2.34. The van der Waals surface area contributed by atoms with Gasteiger partial charge in [0.1, 0.15) is 18.3 Å². The van der Waals surface area contributed by atoms with E-state index in [4.69, 9.17) is 14.2 Å². The summed E-state index contributed by atoms with van der Waals surface area (Å²) in [6, 6.07) is 0. The van der Waals surface area contributed by atoms with Crippen molar-refractivity contribution in [3.05, 3.63) is 47.1 Å². The van der Waals surface area contributed by atoms with Crippen LogP contribution in [-0.2, 0) is 28.6 Å². The number of aliphatic hydroxyl groups excluding tert-OH is 1. The molecule has 5 atom stereocenters. The SMILES string of the molecule is C=C1C(=O)O[C@@H]2/C=C(/C)[C@@H](OC(C)=O)C[C@@H](O)/C(C)=C\[C@@H](OC(=O)/C(C)=C/C)[C@@H]12. The molecule has 0 aromatic rings. The summed E-state index contributed by atoms with van der Waals surface area (Å²) in [5.41, 5.74) is 1.75. The topological polar surface area (TPSA) is 99.1 Å². The monoisotopic (exact) mass is 404 g/mol. The lowest BCUT2D eigenvalue weighted by atomic mass is 9.85. The van der Waals surface area contributed by atoms with Crippen molar-refractivity contribution in [2.45, 2.75) is 65.5 Å². The molecule has 0 unspecified atom stereocenters. The third-order valence-electron chi connectivity index (χ3n) is 5.25. The number of carbonyl (C=O) groups is 3. The molecule has 2 rings (SSSR count). The largest absolute Gasteiger partial charge is 0.458 e. The van der Waals surface area contributed by atoms with Crippen molar-refractivity contribution in [1.29, 1.82) is 0 Å². The molecule has 1 aliphatic heterocycles. The van der Waals surface area contributed by atoms with Gasteiger partial charge in [-0.05, 0) is 51.0 Å². The van der Waals surface area contributed by atoms with E-state index in [1.165, 1.54) is 6.92 Å². The fraction of sp³-hybridized carbons (Fsp3) is 0.500. The number of rotatable bonds is 3. The molecule has 158 valence electrons. The summed E-state index contributed by atoms with van der Waals surface area (Å²) in [6.45, 7) is 11.9. The Bertz CT molecular complexity index is 802. The molecule has 0 aromatic carbocycles. The van der Waals surface area contributed by atoms with Crippen LogP contribution in [0.25, 0.3) is 0 Å². The number of carbonyl (C=O) groups excluding carboxylic acids is 3. The maximum atomic E-state index is 12.4. The van der Waals surface area contributed by atoms with Crippen molar-refractivity contribution < 1.29 is 33.7 Å². The van der Waals surface area contributed by atoms with Gasteiger partial charge >= 0.3 is 17.9 Å². The van der Waals surface area contributed by atoms with Crippen LogP contribution in [-0.4, -0.2) is 47.4 Å². The minimum atomic E-state index is -0.936. The molecule has 7 nitrogen and oxygen atoms in total. The lowest BCUT2D eigenvalue weighted by Gasteiger charge is -2.29. The molecule has 0 saturated carbocycles. The molecule has 1 aliphatic carbocycles. The number of ether oxygens (including phenoxy) is 3. The van der Waals surface area contributed by atoms with Crippen LogP contribution in [0.1, 0.15) is 41.0 Å². The summed E-state index contributed by atoms with van der Waals surface area (Å²) < 4.78 is 16.4. The molecular formula is C22H28O7. The van der Waals surface area contributed by atoms with Crippen LogP contribution in [0.5, 0.6) is 0 Å². The predicted molar refractivity (Wildman–Crippen MR) is 106 cm³/mol. The molecule has 1 N–H and O–H groups in total. The highest BCUT2D eigenvalue weighted by molar-refractivity contribution is 5.92. The molecule has 1 fully saturated rings. The van der Waals surface area contributed by atoms with E-state index in [1.54, 1.807) is 45.9 Å². The third kappa shape index (κ3) is 5.23. The molecule has 7 heteroatoms. The van der Waals surface area contributed by atoms with Gasteiger partial charge in [-0.15, -0.1) is 0 Å². The molecular weight excluding hydrogens is 376 g/mol. The third-order valence-corrected chi connectivity index (χ3v) is 5.25. The zero-order chi connectivity index (χ0) is 21.9. The van der Waals surface area contributed by atoms with Gasteiger partial charge < -0.3 is 19.3 Å². The van der Waals surface area contributed by atoms with Crippen LogP contribution in [0.3, 0.4) is 0 Å². The van der Waals surface area contributed by atoms with E-state index in [2.05, 4.69) is 6.58 Å². The van der Waals surface area contributed by atoms with Crippen LogP contribution in [0.2, 0.25) is 0 Å². The quantitative estimate of drug-likeness (QED) is 0.334. The summed E-state index contributed by atoms with van der Waals surface area (Å²) in [6.07, 6.45) is 1.82. The van der Waals surface area contributed by atoms with E-state index in [-0.39, 0.29) is 12.0 Å². The molecule has 0 bridgehead atoms. The second-order valence-corrected chi connectivity index (χ2v) is 7.43. The van der Waals surface area contributed by atoms with Gasteiger partial charge in [-0.2, -0.15) is 0 Å². The van der Waals surface area contributed by atoms with E-state index in [9.17, 15) is 19.5 Å². The van der Waals surface area contributed by atoms with Crippen LogP contribution < -0.4 is 0 Å². The number of esters is 3. The van der Waals surface area contributed by atoms with Crippen molar-refractivity contribution in [3.8, 4) is 0 Å². The van der Waals surface area contributed by atoms with Gasteiger partial charge in [-0.3, -0.25) is 4.79 Å². The summed E-state index contributed by atoms with van der Waals surface area (Å²) in [5, 5.41) is 10.6. The smallest absolute Gasteiger partial charge is 0.334 e. The van der Waals surface area contributed by atoms with Crippen LogP contribution >= 0.6 is 0 Å². The van der Waals surface area contributed by atoms with Gasteiger partial charge in [0.2, 0.25) is 0 Å². The molecule has 0 spiro atoms. The van der Waals surface area contributed by atoms with Gasteiger partial charge in [0.15, 0.2) is 0 Å². The fourth-order valence-electron chi connectivity index (χ4n) is 3.33. The predicted octanol–water partition coefficient (Wildman–Crippen LogP) is 2.55. The fourth-order valence-corrected chi connectivity index (χ4v) is 3.33. The summed E-state index contributed by atoms with van der Waals surface area (Å²) >= 11 is 0. The Morgan fingerprint density at radius 3 is 2.45 bits per heavy atom. The minimum absolute atomic E-state index is 0.130. The van der Waals surface area contributed by atoms with Gasteiger partial charge in [-0.1, -0.05) is 12.7 Å². The zero-order valence-corrected chi connectivity index (χ0v) is 17.4. The Morgan fingerprint density at radius 2 is 1.86 bits per heavy atom. The zero-order valence-electron chi connectivity index (χ0n) is 17.4. The molecule has 0 aromatic heterocycles. The van der Waals surface area contributed by atoms with Crippen molar-refractivity contribution in [2.24, 2.45) is 5.92 Å². The van der Waals surface area contributed by atoms with Crippen LogP contribution in [0.4, 0.5) is 0 Å². The van der Waals surface area contributed by atoms with Gasteiger partial charge in [0.05, 0.1) is 12.0 Å². The number of allylic oxidation sites excluding steroid dienone is 1. The highest BCUT2D eigenvalue weighted by Crippen LogP contribution is 2.36. The highest BCUT2D eigenvalue weighted by Gasteiger charge is 2.44. The first-order valence-corrected chi connectivity index (χ1v) is 9.50. The van der Waals surface area contributed by atoms with Gasteiger partial charge in [0.25, 0.3) is 0 Å². The van der Waals surface area contributed by atoms with Gasteiger partial charge in [-0.25, -0.2) is 9.59 Å². The van der Waals surface area contributed by atoms with Crippen molar-refractivity contribution >= 4 is 17.9 Å². The number of hydrogen-bond donors (Lipinski definition) is 1. The second kappa shape index (κ2) is 9.22. The van der Waals surface area contributed by atoms with E-state index < -0.39 is 48.2 Å². The van der Waals surface area contributed by atoms with Crippen LogP contribution in [0, 0.1) is 5.92 Å². The summed E-state index contributed by atoms with van der Waals surface area (Å²) in [4.78, 5) is 36.1. The lowest BCUT2D eigenvalue weighted by molar-refractivity contribution is -0.147. The Kier molecular flexibility index (Phi) is 7.19. The first-order chi connectivity index (χ1) is 13.5. The second-order valence-electron chi connectivity index (χ2n) is 7.43. The van der Waals surface area contributed by atoms with Crippen molar-refractivity contribution in [1.82, 2.24) is 0 Å². The number of aliphatic hydroxyl groups is 1. The number of fused-ring (bicyclic) bond motifs is 1. The van der Waals surface area contributed by atoms with E-state index in [0.717, 1.165) is 0 Å². The van der Waals surface area contributed by atoms with Gasteiger partial charge in [0, 0.05) is 24.5 Å². The maximum absolute atomic E-state index is 12.4.